The lowest BCUT2D eigenvalue weighted by atomic mass is 9.93. The van der Waals surface area contributed by atoms with Gasteiger partial charge in [-0.2, -0.15) is 0 Å². The van der Waals surface area contributed by atoms with Crippen LogP contribution in [0.2, 0.25) is 0 Å². The van der Waals surface area contributed by atoms with Crippen LogP contribution in [0.3, 0.4) is 0 Å². The second-order valence-electron chi connectivity index (χ2n) is 8.17. The molecule has 4 aromatic carbocycles. The number of carboxylic acids is 1. The summed E-state index contributed by atoms with van der Waals surface area (Å²) in [7, 11) is -3.82. The van der Waals surface area contributed by atoms with Gasteiger partial charge in [0, 0.05) is 28.4 Å². The molecule has 0 bridgehead atoms. The van der Waals surface area contributed by atoms with Crippen LogP contribution >= 0.6 is 12.8 Å². The van der Waals surface area contributed by atoms with Crippen molar-refractivity contribution in [1.29, 1.82) is 0 Å². The first kappa shape index (κ1) is 24.3. The van der Waals surface area contributed by atoms with Crippen LogP contribution in [-0.2, 0) is 10.0 Å². The zero-order valence-electron chi connectivity index (χ0n) is 19.3. The minimum Gasteiger partial charge on any atom is -0.478 e. The third-order valence-corrected chi connectivity index (χ3v) is 8.25. The van der Waals surface area contributed by atoms with Gasteiger partial charge in [0.15, 0.2) is 0 Å². The maximum absolute atomic E-state index is 12.8. The molecule has 37 heavy (non-hydrogen) atoms. The lowest BCUT2D eigenvalue weighted by molar-refractivity contribution is 0.0697. The van der Waals surface area contributed by atoms with Gasteiger partial charge in [0.25, 0.3) is 10.0 Å². The van der Waals surface area contributed by atoms with E-state index >= 15 is 0 Å². The van der Waals surface area contributed by atoms with Crippen molar-refractivity contribution in [3.05, 3.63) is 120 Å². The maximum Gasteiger partial charge on any atom is 0.336 e. The SMILES string of the molecule is O=C(O)c1cccc(C#Cc2ccc(N(S)S(=O)(=O)c3ccccc3)cc2)c1-c1ccc2cc[nH]c2c1. The molecule has 182 valence electrons. The van der Waals surface area contributed by atoms with Crippen molar-refractivity contribution in [2.45, 2.75) is 4.90 Å². The maximum atomic E-state index is 12.8. The molecule has 6 nitrogen and oxygen atoms in total. The molecule has 0 atom stereocenters. The molecule has 0 aliphatic heterocycles. The predicted molar refractivity (Wildman–Crippen MR) is 148 cm³/mol. The second-order valence-corrected chi connectivity index (χ2v) is 10.6. The van der Waals surface area contributed by atoms with Gasteiger partial charge < -0.3 is 10.1 Å². The van der Waals surface area contributed by atoms with Gasteiger partial charge in [0.1, 0.15) is 0 Å². The van der Waals surface area contributed by atoms with Gasteiger partial charge in [-0.15, -0.1) is 0 Å². The van der Waals surface area contributed by atoms with Crippen LogP contribution in [0.1, 0.15) is 21.5 Å². The quantitative estimate of drug-likeness (QED) is 0.195. The van der Waals surface area contributed by atoms with E-state index in [0.717, 1.165) is 20.2 Å². The molecule has 5 rings (SSSR count). The van der Waals surface area contributed by atoms with Crippen molar-refractivity contribution in [3.8, 4) is 23.0 Å². The molecule has 0 saturated carbocycles. The first-order valence-electron chi connectivity index (χ1n) is 11.2. The number of carboxylic acid groups (broad SMARTS) is 1. The molecule has 0 amide bonds. The van der Waals surface area contributed by atoms with Crippen molar-refractivity contribution in [1.82, 2.24) is 4.98 Å². The third kappa shape index (κ3) is 4.83. The Morgan fingerprint density at radius 2 is 1.62 bits per heavy atom. The van der Waals surface area contributed by atoms with E-state index in [1.807, 2.05) is 30.5 Å². The Labute approximate surface area is 219 Å². The Morgan fingerprint density at radius 3 is 2.35 bits per heavy atom. The van der Waals surface area contributed by atoms with E-state index in [9.17, 15) is 18.3 Å². The lowest BCUT2D eigenvalue weighted by Gasteiger charge is -2.17. The number of fused-ring (bicyclic) bond motifs is 1. The number of H-pyrrole nitrogens is 1. The van der Waals surface area contributed by atoms with E-state index in [2.05, 4.69) is 29.6 Å². The summed E-state index contributed by atoms with van der Waals surface area (Å²) in [5.74, 6) is 5.12. The zero-order chi connectivity index (χ0) is 26.0. The van der Waals surface area contributed by atoms with Crippen LogP contribution in [-0.4, -0.2) is 24.5 Å². The molecule has 1 aromatic heterocycles. The number of aromatic amines is 1. The standard InChI is InChI=1S/C29H20N2O4S2/c32-29(33)26-8-4-5-22(28(26)23-14-13-21-17-18-30-27(21)19-23)12-9-20-10-15-24(16-11-20)31(36)37(34,35)25-6-2-1-3-7-25/h1-8,10-11,13-19,30,36H,(H,32,33). The molecule has 2 N–H and O–H groups in total. The highest BCUT2D eigenvalue weighted by atomic mass is 32.3. The first-order chi connectivity index (χ1) is 17.8. The fraction of sp³-hybridized carbons (Fsp3) is 0. The van der Waals surface area contributed by atoms with Gasteiger partial charge in [-0.3, -0.25) is 0 Å². The average Bonchev–Trinajstić information content (AvgIpc) is 3.40. The monoisotopic (exact) mass is 524 g/mol. The fourth-order valence-electron chi connectivity index (χ4n) is 3.99. The Kier molecular flexibility index (Phi) is 6.49. The summed E-state index contributed by atoms with van der Waals surface area (Å²) in [5, 5.41) is 10.8. The fourth-order valence-corrected chi connectivity index (χ4v) is 5.51. The minimum atomic E-state index is -3.82. The summed E-state index contributed by atoms with van der Waals surface area (Å²) in [6, 6.07) is 27.4. The minimum absolute atomic E-state index is 0.136. The zero-order valence-corrected chi connectivity index (χ0v) is 21.0. The molecule has 0 unspecified atom stereocenters. The van der Waals surface area contributed by atoms with Gasteiger partial charge in [0.2, 0.25) is 0 Å². The van der Waals surface area contributed by atoms with Gasteiger partial charge in [-0.25, -0.2) is 16.9 Å². The summed E-state index contributed by atoms with van der Waals surface area (Å²) in [4.78, 5) is 15.3. The molecular weight excluding hydrogens is 504 g/mol. The molecule has 0 aliphatic carbocycles. The van der Waals surface area contributed by atoms with Crippen LogP contribution in [0, 0.1) is 11.8 Å². The van der Waals surface area contributed by atoms with E-state index in [4.69, 9.17) is 0 Å². The van der Waals surface area contributed by atoms with Crippen molar-refractivity contribution < 1.29 is 18.3 Å². The highest BCUT2D eigenvalue weighted by Gasteiger charge is 2.22. The summed E-state index contributed by atoms with van der Waals surface area (Å²) >= 11 is 4.21. The van der Waals surface area contributed by atoms with E-state index in [0.29, 0.717) is 22.4 Å². The van der Waals surface area contributed by atoms with E-state index in [1.54, 1.807) is 60.7 Å². The van der Waals surface area contributed by atoms with Gasteiger partial charge in [-0.1, -0.05) is 61.1 Å². The summed E-state index contributed by atoms with van der Waals surface area (Å²) in [6.07, 6.45) is 1.83. The van der Waals surface area contributed by atoms with Crippen LogP contribution in [0.25, 0.3) is 22.0 Å². The number of hydrogen-bond acceptors (Lipinski definition) is 4. The number of aromatic nitrogens is 1. The number of anilines is 1. The summed E-state index contributed by atoms with van der Waals surface area (Å²) in [6.45, 7) is 0. The number of sulfonamides is 1. The highest BCUT2D eigenvalue weighted by molar-refractivity contribution is 8.06. The number of rotatable bonds is 5. The van der Waals surface area contributed by atoms with Gasteiger partial charge in [0.05, 0.1) is 16.1 Å². The molecule has 8 heteroatoms. The molecule has 0 fully saturated rings. The molecule has 0 radical (unpaired) electrons. The van der Waals surface area contributed by atoms with Crippen LogP contribution in [0.4, 0.5) is 5.69 Å². The number of aromatic carboxylic acids is 1. The Bertz CT molecular complexity index is 1780. The number of carbonyl (C=O) groups is 1. The molecule has 0 aliphatic rings. The second kappa shape index (κ2) is 9.90. The number of nitrogens with zero attached hydrogens (tertiary/aromatic N) is 1. The van der Waals surface area contributed by atoms with Gasteiger partial charge in [-0.05, 0) is 71.6 Å². The lowest BCUT2D eigenvalue weighted by Crippen LogP contribution is -2.21. The van der Waals surface area contributed by atoms with Crippen molar-refractivity contribution in [3.63, 3.8) is 0 Å². The largest absolute Gasteiger partial charge is 0.478 e. The van der Waals surface area contributed by atoms with Crippen LogP contribution < -0.4 is 3.71 Å². The third-order valence-electron chi connectivity index (χ3n) is 5.84. The number of thiol groups is 1. The topological polar surface area (TPSA) is 90.5 Å². The van der Waals surface area contributed by atoms with E-state index in [-0.39, 0.29) is 10.5 Å². The Morgan fingerprint density at radius 1 is 0.865 bits per heavy atom. The van der Waals surface area contributed by atoms with Crippen LogP contribution in [0.15, 0.2) is 108 Å². The van der Waals surface area contributed by atoms with Gasteiger partial charge >= 0.3 is 5.97 Å². The van der Waals surface area contributed by atoms with Crippen LogP contribution in [0.5, 0.6) is 0 Å². The predicted octanol–water partition coefficient (Wildman–Crippen LogP) is 5.97. The average molecular weight is 525 g/mol. The highest BCUT2D eigenvalue weighted by Crippen LogP contribution is 2.30. The van der Waals surface area contributed by atoms with E-state index in [1.165, 1.54) is 12.1 Å². The van der Waals surface area contributed by atoms with Crippen molar-refractivity contribution >= 4 is 45.4 Å². The smallest absolute Gasteiger partial charge is 0.336 e. The molecular formula is C29H20N2O4S2. The summed E-state index contributed by atoms with van der Waals surface area (Å²) in [5.41, 5.74) is 3.89. The number of benzene rings is 4. The molecule has 0 spiro atoms. The molecule has 1 heterocycles. The molecule has 5 aromatic rings. The Hall–Kier alpha value is -4.45. The number of hydrogen-bond donors (Lipinski definition) is 3. The molecule has 0 saturated heterocycles. The summed E-state index contributed by atoms with van der Waals surface area (Å²) < 4.78 is 26.6. The Balaban J connectivity index is 1.48. The normalized spacial score (nSPS) is 11.1. The van der Waals surface area contributed by atoms with Crippen molar-refractivity contribution in [2.24, 2.45) is 0 Å². The van der Waals surface area contributed by atoms with Crippen molar-refractivity contribution in [2.75, 3.05) is 3.71 Å². The first-order valence-corrected chi connectivity index (χ1v) is 13.0. The number of nitrogens with one attached hydrogen (secondary N) is 1. The van der Waals surface area contributed by atoms with E-state index < -0.39 is 16.0 Å².